The lowest BCUT2D eigenvalue weighted by Gasteiger charge is -2.13. The predicted octanol–water partition coefficient (Wildman–Crippen LogP) is 4.17. The van der Waals surface area contributed by atoms with Crippen LogP contribution in [0.1, 0.15) is 28.7 Å². The molecule has 3 rings (SSSR count). The van der Waals surface area contributed by atoms with Crippen LogP contribution < -0.4 is 4.74 Å². The Morgan fingerprint density at radius 2 is 1.96 bits per heavy atom. The lowest BCUT2D eigenvalue weighted by Crippen LogP contribution is -2.12. The van der Waals surface area contributed by atoms with E-state index in [0.717, 1.165) is 46.5 Å². The molecule has 1 N–H and O–H groups in total. The van der Waals surface area contributed by atoms with Crippen molar-refractivity contribution in [2.24, 2.45) is 0 Å². The van der Waals surface area contributed by atoms with E-state index in [1.807, 2.05) is 30.3 Å². The van der Waals surface area contributed by atoms with Crippen molar-refractivity contribution in [1.29, 1.82) is 0 Å². The Labute approximate surface area is 164 Å². The summed E-state index contributed by atoms with van der Waals surface area (Å²) in [6.45, 7) is 1.48. The molecule has 4 nitrogen and oxygen atoms in total. The molecule has 0 radical (unpaired) electrons. The highest BCUT2D eigenvalue weighted by atomic mass is 79.9. The summed E-state index contributed by atoms with van der Waals surface area (Å²) in [7, 11) is 4.11. The number of carboxylic acid groups (broad SMARTS) is 1. The number of nitrogens with zero attached hydrogens (tertiary/aromatic N) is 1. The van der Waals surface area contributed by atoms with Gasteiger partial charge in [0.1, 0.15) is 12.4 Å². The van der Waals surface area contributed by atoms with Crippen LogP contribution in [0.25, 0.3) is 5.57 Å². The molecule has 0 spiro atoms. The topological polar surface area (TPSA) is 49.8 Å². The molecule has 1 aliphatic rings. The number of hydrogen-bond donors (Lipinski definition) is 1. The van der Waals surface area contributed by atoms with Gasteiger partial charge in [-0.05, 0) is 54.9 Å². The molecule has 1 heterocycles. The van der Waals surface area contributed by atoms with Gasteiger partial charge in [0.2, 0.25) is 0 Å². The zero-order chi connectivity index (χ0) is 17.8. The number of carboxylic acids is 1. The second-order valence-corrected chi connectivity index (χ2v) is 6.56. The number of carbonyl (C=O) groups is 1. The average molecular weight is 418 g/mol. The summed E-state index contributed by atoms with van der Waals surface area (Å²) < 4.78 is 5.99. The number of halogens is 1. The number of rotatable bonds is 5. The van der Waals surface area contributed by atoms with Gasteiger partial charge in [-0.3, -0.25) is 4.79 Å². The molecule has 0 amide bonds. The van der Waals surface area contributed by atoms with E-state index in [9.17, 15) is 4.79 Å². The Kier molecular flexibility index (Phi) is 7.00. The van der Waals surface area contributed by atoms with Gasteiger partial charge in [0, 0.05) is 12.1 Å². The van der Waals surface area contributed by atoms with E-state index >= 15 is 0 Å². The highest BCUT2D eigenvalue weighted by Crippen LogP contribution is 2.37. The number of ether oxygens (including phenoxy) is 1. The van der Waals surface area contributed by atoms with E-state index in [-0.39, 0.29) is 23.4 Å². The zero-order valence-corrected chi connectivity index (χ0v) is 16.8. The second kappa shape index (κ2) is 9.01. The molecule has 0 aromatic heterocycles. The number of hydrogen-bond acceptors (Lipinski definition) is 3. The molecular weight excluding hydrogens is 394 g/mol. The first-order valence-corrected chi connectivity index (χ1v) is 8.45. The third-order valence-corrected chi connectivity index (χ3v) is 4.30. The van der Waals surface area contributed by atoms with Gasteiger partial charge in [-0.15, -0.1) is 17.0 Å². The minimum absolute atomic E-state index is 0. The van der Waals surface area contributed by atoms with Crippen LogP contribution >= 0.6 is 17.0 Å². The van der Waals surface area contributed by atoms with Crippen molar-refractivity contribution in [3.63, 3.8) is 0 Å². The molecule has 0 bridgehead atoms. The first-order valence-electron chi connectivity index (χ1n) is 8.45. The average Bonchev–Trinajstić information content (AvgIpc) is 2.72. The third kappa shape index (κ3) is 4.74. The molecule has 0 atom stereocenters. The van der Waals surface area contributed by atoms with Gasteiger partial charge in [-0.2, -0.15) is 0 Å². The van der Waals surface area contributed by atoms with Crippen LogP contribution in [-0.4, -0.2) is 36.6 Å². The standard InChI is InChI=1S/C21H23NO3.BrH/c1-22(2)11-5-8-18-17-7-4-3-6-16(17)14-25-20-10-9-15(12-19(18)20)13-21(23)24;/h3-4,6-10,12H,5,11,13-14H2,1-2H3,(H,23,24);1H/b18-8-;. The Bertz CT molecular complexity index is 815. The summed E-state index contributed by atoms with van der Waals surface area (Å²) in [6, 6.07) is 13.9. The summed E-state index contributed by atoms with van der Waals surface area (Å²) in [6.07, 6.45) is 3.16. The molecular formula is C21H24BrNO3. The van der Waals surface area contributed by atoms with E-state index in [2.05, 4.69) is 37.2 Å². The fourth-order valence-electron chi connectivity index (χ4n) is 3.09. The van der Waals surface area contributed by atoms with Crippen LogP contribution in [0.3, 0.4) is 0 Å². The van der Waals surface area contributed by atoms with Crippen molar-refractivity contribution >= 4 is 28.5 Å². The van der Waals surface area contributed by atoms with Gasteiger partial charge in [0.05, 0.1) is 6.42 Å². The van der Waals surface area contributed by atoms with Gasteiger partial charge >= 0.3 is 5.97 Å². The van der Waals surface area contributed by atoms with Gasteiger partial charge in [-0.25, -0.2) is 0 Å². The summed E-state index contributed by atoms with van der Waals surface area (Å²) >= 11 is 0. The minimum atomic E-state index is -0.826. The Morgan fingerprint density at radius 3 is 2.69 bits per heavy atom. The highest BCUT2D eigenvalue weighted by Gasteiger charge is 2.19. The first kappa shape index (κ1) is 20.2. The Morgan fingerprint density at radius 1 is 1.19 bits per heavy atom. The van der Waals surface area contributed by atoms with Crippen molar-refractivity contribution in [2.45, 2.75) is 19.4 Å². The van der Waals surface area contributed by atoms with Crippen molar-refractivity contribution < 1.29 is 14.6 Å². The van der Waals surface area contributed by atoms with Crippen LogP contribution in [0.15, 0.2) is 48.5 Å². The van der Waals surface area contributed by atoms with Gasteiger partial charge in [0.25, 0.3) is 0 Å². The SMILES string of the molecule is Br.CN(C)CC/C=C1/c2ccccc2COc2ccc(CC(=O)O)cc21. The van der Waals surface area contributed by atoms with Crippen molar-refractivity contribution in [3.05, 3.63) is 70.8 Å². The van der Waals surface area contributed by atoms with Crippen LogP contribution in [-0.2, 0) is 17.8 Å². The highest BCUT2D eigenvalue weighted by molar-refractivity contribution is 8.93. The third-order valence-electron chi connectivity index (χ3n) is 4.30. The molecule has 1 aliphatic heterocycles. The number of fused-ring (bicyclic) bond motifs is 2. The van der Waals surface area contributed by atoms with Crippen LogP contribution in [0.2, 0.25) is 0 Å². The second-order valence-electron chi connectivity index (χ2n) is 6.56. The smallest absolute Gasteiger partial charge is 0.307 e. The molecule has 138 valence electrons. The fourth-order valence-corrected chi connectivity index (χ4v) is 3.09. The maximum absolute atomic E-state index is 11.1. The van der Waals surface area contributed by atoms with Crippen LogP contribution in [0, 0.1) is 0 Å². The van der Waals surface area contributed by atoms with Gasteiger partial charge in [-0.1, -0.05) is 36.4 Å². The monoisotopic (exact) mass is 417 g/mol. The first-order chi connectivity index (χ1) is 12.0. The van der Waals surface area contributed by atoms with Gasteiger partial charge < -0.3 is 14.7 Å². The molecule has 2 aromatic rings. The lowest BCUT2D eigenvalue weighted by molar-refractivity contribution is -0.136. The van der Waals surface area contributed by atoms with E-state index in [4.69, 9.17) is 9.84 Å². The van der Waals surface area contributed by atoms with Crippen LogP contribution in [0.5, 0.6) is 5.75 Å². The van der Waals surface area contributed by atoms with E-state index in [1.165, 1.54) is 0 Å². The normalized spacial score (nSPS) is 14.0. The zero-order valence-electron chi connectivity index (χ0n) is 15.1. The molecule has 26 heavy (non-hydrogen) atoms. The maximum atomic E-state index is 11.1. The van der Waals surface area contributed by atoms with Gasteiger partial charge in [0.15, 0.2) is 0 Å². The largest absolute Gasteiger partial charge is 0.488 e. The maximum Gasteiger partial charge on any atom is 0.307 e. The molecule has 0 saturated heterocycles. The van der Waals surface area contributed by atoms with Crippen molar-refractivity contribution in [3.8, 4) is 5.75 Å². The summed E-state index contributed by atoms with van der Waals surface area (Å²) in [5.41, 5.74) is 5.19. The molecule has 5 heteroatoms. The number of benzene rings is 2. The minimum Gasteiger partial charge on any atom is -0.488 e. The number of aliphatic carboxylic acids is 1. The molecule has 0 saturated carbocycles. The Hall–Kier alpha value is -2.11. The molecule has 0 fully saturated rings. The van der Waals surface area contributed by atoms with Crippen molar-refractivity contribution in [2.75, 3.05) is 20.6 Å². The predicted molar refractivity (Wildman–Crippen MR) is 109 cm³/mol. The molecule has 2 aromatic carbocycles. The molecule has 0 unspecified atom stereocenters. The van der Waals surface area contributed by atoms with E-state index in [1.54, 1.807) is 0 Å². The van der Waals surface area contributed by atoms with E-state index < -0.39 is 5.97 Å². The van der Waals surface area contributed by atoms with E-state index in [0.29, 0.717) is 6.61 Å². The van der Waals surface area contributed by atoms with Crippen molar-refractivity contribution in [1.82, 2.24) is 4.90 Å². The summed E-state index contributed by atoms with van der Waals surface area (Å²) in [5.74, 6) is -0.0190. The Balaban J connectivity index is 0.00000243. The van der Waals surface area contributed by atoms with Crippen LogP contribution in [0.4, 0.5) is 0 Å². The summed E-state index contributed by atoms with van der Waals surface area (Å²) in [4.78, 5) is 13.2. The quantitative estimate of drug-likeness (QED) is 0.792. The lowest BCUT2D eigenvalue weighted by atomic mass is 9.92. The molecule has 0 aliphatic carbocycles. The summed E-state index contributed by atoms with van der Waals surface area (Å²) in [5, 5.41) is 9.10. The fraction of sp³-hybridized carbons (Fsp3) is 0.286.